The van der Waals surface area contributed by atoms with Crippen LogP contribution in [-0.2, 0) is 0 Å². The first kappa shape index (κ1) is 28.4. The van der Waals surface area contributed by atoms with Crippen LogP contribution in [-0.4, -0.2) is 52.4 Å². The van der Waals surface area contributed by atoms with Gasteiger partial charge in [0.2, 0.25) is 5.88 Å². The molecular formula is C30H33N5O5S. The molecule has 2 aromatic carbocycles. The van der Waals surface area contributed by atoms with Crippen molar-refractivity contribution in [2.45, 2.75) is 56.6 Å². The minimum Gasteiger partial charge on any atom is -0.491 e. The Kier molecular flexibility index (Phi) is 8.75. The maximum absolute atomic E-state index is 11.9. The summed E-state index contributed by atoms with van der Waals surface area (Å²) in [6.07, 6.45) is 8.12. The van der Waals surface area contributed by atoms with Gasteiger partial charge in [0.25, 0.3) is 0 Å². The molecule has 5 rings (SSSR count). The minimum atomic E-state index is -1.03. The highest BCUT2D eigenvalue weighted by atomic mass is 32.2. The number of fused-ring (bicyclic) bond motifs is 1. The van der Waals surface area contributed by atoms with Crippen molar-refractivity contribution in [3.05, 3.63) is 54.4 Å². The van der Waals surface area contributed by atoms with E-state index in [4.69, 9.17) is 19.2 Å². The number of aromatic carboxylic acids is 1. The Morgan fingerprint density at radius 2 is 1.85 bits per heavy atom. The van der Waals surface area contributed by atoms with Crippen LogP contribution in [0.3, 0.4) is 0 Å². The van der Waals surface area contributed by atoms with Crippen LogP contribution in [0.5, 0.6) is 17.6 Å². The van der Waals surface area contributed by atoms with Crippen LogP contribution in [0.25, 0.3) is 22.0 Å². The first-order valence-corrected chi connectivity index (χ1v) is 14.3. The van der Waals surface area contributed by atoms with Gasteiger partial charge in [-0.25, -0.2) is 9.78 Å². The lowest BCUT2D eigenvalue weighted by Gasteiger charge is -2.18. The van der Waals surface area contributed by atoms with E-state index in [0.717, 1.165) is 39.9 Å². The monoisotopic (exact) mass is 575 g/mol. The third-order valence-corrected chi connectivity index (χ3v) is 7.72. The van der Waals surface area contributed by atoms with Gasteiger partial charge < -0.3 is 24.6 Å². The molecule has 0 aliphatic heterocycles. The number of methoxy groups -OCH3 is 2. The number of carboxylic acids is 1. The van der Waals surface area contributed by atoms with Gasteiger partial charge in [-0.3, -0.25) is 9.71 Å². The molecule has 1 fully saturated rings. The fraction of sp³-hybridized carbons (Fsp3) is 0.333. The van der Waals surface area contributed by atoms with Crippen molar-refractivity contribution >= 4 is 40.2 Å². The molecule has 0 unspecified atom stereocenters. The van der Waals surface area contributed by atoms with Gasteiger partial charge >= 0.3 is 12.0 Å². The average Bonchev–Trinajstić information content (AvgIpc) is 3.49. The van der Waals surface area contributed by atoms with E-state index >= 15 is 0 Å². The van der Waals surface area contributed by atoms with Crippen molar-refractivity contribution in [3.63, 3.8) is 0 Å². The molecule has 3 N–H and O–H groups in total. The molecule has 11 heteroatoms. The molecule has 0 saturated heterocycles. The quantitative estimate of drug-likeness (QED) is 0.170. The van der Waals surface area contributed by atoms with Gasteiger partial charge in [-0.15, -0.1) is 0 Å². The van der Waals surface area contributed by atoms with Crippen LogP contribution < -0.4 is 24.2 Å². The highest BCUT2D eigenvalue weighted by Crippen LogP contribution is 2.38. The number of aromatic nitrogens is 3. The number of hydrogen-bond donors (Lipinski definition) is 3. The zero-order valence-corrected chi connectivity index (χ0v) is 24.2. The third-order valence-electron chi connectivity index (χ3n) is 6.74. The summed E-state index contributed by atoms with van der Waals surface area (Å²) in [6, 6.07) is 11.5. The predicted octanol–water partition coefficient (Wildman–Crippen LogP) is 6.48. The number of rotatable bonds is 11. The number of anilines is 2. The molecular weight excluding hydrogens is 542 g/mol. The van der Waals surface area contributed by atoms with Gasteiger partial charge in [-0.2, -0.15) is 4.98 Å². The summed E-state index contributed by atoms with van der Waals surface area (Å²) in [5, 5.41) is 14.1. The van der Waals surface area contributed by atoms with E-state index in [1.165, 1.54) is 38.0 Å². The minimum absolute atomic E-state index is 0.104. The standard InChI is InChI=1S/C30H33N5O5S/c1-17(2)40-22-12-19(29(36)37)11-21(14-22)33-27-23-10-9-18(24-15-32-30(39-4)34-28(24)38-3)13-25(23)31-16-26(27)41-35-20-7-5-6-8-20/h9-17,20,35H,5-8H2,1-4H3,(H,31,33)(H,36,37). The average molecular weight is 576 g/mol. The number of nitrogens with one attached hydrogen (secondary N) is 2. The Bertz CT molecular complexity index is 1560. The molecule has 0 amide bonds. The second kappa shape index (κ2) is 12.6. The summed E-state index contributed by atoms with van der Waals surface area (Å²) in [4.78, 5) is 26.1. The lowest BCUT2D eigenvalue weighted by molar-refractivity contribution is 0.0696. The van der Waals surface area contributed by atoms with E-state index < -0.39 is 5.97 Å². The first-order valence-electron chi connectivity index (χ1n) is 13.5. The summed E-state index contributed by atoms with van der Waals surface area (Å²) in [6.45, 7) is 3.81. The predicted molar refractivity (Wildman–Crippen MR) is 160 cm³/mol. The molecule has 4 aromatic rings. The lowest BCUT2D eigenvalue weighted by Crippen LogP contribution is -2.18. The topological polar surface area (TPSA) is 128 Å². The van der Waals surface area contributed by atoms with Crippen LogP contribution in [0.1, 0.15) is 49.9 Å². The number of ether oxygens (including phenoxy) is 3. The van der Waals surface area contributed by atoms with Crippen molar-refractivity contribution in [1.29, 1.82) is 0 Å². The number of carbonyl (C=O) groups is 1. The maximum atomic E-state index is 11.9. The third kappa shape index (κ3) is 6.63. The smallest absolute Gasteiger partial charge is 0.335 e. The van der Waals surface area contributed by atoms with E-state index in [-0.39, 0.29) is 17.7 Å². The number of nitrogens with zero attached hydrogens (tertiary/aromatic N) is 3. The van der Waals surface area contributed by atoms with Crippen molar-refractivity contribution in [1.82, 2.24) is 19.7 Å². The van der Waals surface area contributed by atoms with Crippen LogP contribution >= 0.6 is 11.9 Å². The van der Waals surface area contributed by atoms with Gasteiger partial charge in [0.05, 0.1) is 47.6 Å². The number of hydrogen-bond acceptors (Lipinski definition) is 10. The van der Waals surface area contributed by atoms with E-state index in [0.29, 0.717) is 28.9 Å². The van der Waals surface area contributed by atoms with Gasteiger partial charge in [0, 0.05) is 35.6 Å². The number of pyridine rings is 1. The van der Waals surface area contributed by atoms with E-state index in [1.54, 1.807) is 19.4 Å². The van der Waals surface area contributed by atoms with E-state index in [1.807, 2.05) is 44.3 Å². The molecule has 41 heavy (non-hydrogen) atoms. The van der Waals surface area contributed by atoms with Crippen molar-refractivity contribution in [3.8, 4) is 28.8 Å². The number of carboxylic acid groups (broad SMARTS) is 1. The van der Waals surface area contributed by atoms with E-state index in [2.05, 4.69) is 20.0 Å². The molecule has 1 aliphatic rings. The Hall–Kier alpha value is -4.09. The van der Waals surface area contributed by atoms with Gasteiger partial charge in [-0.05, 0) is 62.4 Å². The fourth-order valence-electron chi connectivity index (χ4n) is 4.82. The maximum Gasteiger partial charge on any atom is 0.335 e. The molecule has 0 radical (unpaired) electrons. The molecule has 0 bridgehead atoms. The zero-order chi connectivity index (χ0) is 28.9. The fourth-order valence-corrected chi connectivity index (χ4v) is 5.72. The first-order chi connectivity index (χ1) is 19.8. The lowest BCUT2D eigenvalue weighted by atomic mass is 10.0. The molecule has 1 aliphatic carbocycles. The highest BCUT2D eigenvalue weighted by Gasteiger charge is 2.19. The second-order valence-electron chi connectivity index (χ2n) is 10.1. The van der Waals surface area contributed by atoms with Gasteiger partial charge in [0.15, 0.2) is 0 Å². The second-order valence-corrected chi connectivity index (χ2v) is 10.9. The summed E-state index contributed by atoms with van der Waals surface area (Å²) >= 11 is 1.54. The summed E-state index contributed by atoms with van der Waals surface area (Å²) in [7, 11) is 3.06. The highest BCUT2D eigenvalue weighted by molar-refractivity contribution is 7.97. The molecule has 10 nitrogen and oxygen atoms in total. The summed E-state index contributed by atoms with van der Waals surface area (Å²) in [5.41, 5.74) is 3.83. The SMILES string of the molecule is COc1ncc(-c2ccc3c(Nc4cc(OC(C)C)cc(C(=O)O)c4)c(SNC4CCCC4)cnc3c2)c(OC)n1. The van der Waals surface area contributed by atoms with Crippen LogP contribution in [0.15, 0.2) is 53.7 Å². The van der Waals surface area contributed by atoms with Gasteiger partial charge in [0.1, 0.15) is 5.75 Å². The van der Waals surface area contributed by atoms with Crippen LogP contribution in [0.4, 0.5) is 11.4 Å². The molecule has 0 spiro atoms. The largest absolute Gasteiger partial charge is 0.491 e. The van der Waals surface area contributed by atoms with Crippen molar-refractivity contribution < 1.29 is 24.1 Å². The van der Waals surface area contributed by atoms with Crippen molar-refractivity contribution in [2.24, 2.45) is 0 Å². The number of benzene rings is 2. The van der Waals surface area contributed by atoms with Crippen LogP contribution in [0.2, 0.25) is 0 Å². The normalized spacial score (nSPS) is 13.5. The van der Waals surface area contributed by atoms with Crippen molar-refractivity contribution in [2.75, 3.05) is 19.5 Å². The Balaban J connectivity index is 1.58. The summed E-state index contributed by atoms with van der Waals surface area (Å²) < 4.78 is 20.1. The molecule has 0 atom stereocenters. The van der Waals surface area contributed by atoms with Gasteiger partial charge in [-0.1, -0.05) is 25.0 Å². The summed E-state index contributed by atoms with van der Waals surface area (Å²) in [5.74, 6) is -0.154. The zero-order valence-electron chi connectivity index (χ0n) is 23.4. The Morgan fingerprint density at radius 1 is 1.05 bits per heavy atom. The Morgan fingerprint density at radius 3 is 2.56 bits per heavy atom. The van der Waals surface area contributed by atoms with Crippen LogP contribution in [0, 0.1) is 0 Å². The Labute approximate surface area is 243 Å². The molecule has 214 valence electrons. The molecule has 2 aromatic heterocycles. The van der Waals surface area contributed by atoms with E-state index in [9.17, 15) is 9.90 Å². The molecule has 2 heterocycles. The molecule has 1 saturated carbocycles.